The smallest absolute Gasteiger partial charge is 0.0546 e. The van der Waals surface area contributed by atoms with E-state index >= 15 is 0 Å². The van der Waals surface area contributed by atoms with Crippen molar-refractivity contribution in [2.75, 3.05) is 4.90 Å². The molecule has 11 rings (SSSR count). The molecule has 63 heavy (non-hydrogen) atoms. The molecule has 1 nitrogen and oxygen atoms in total. The maximum atomic E-state index is 2.47. The van der Waals surface area contributed by atoms with Crippen LogP contribution in [-0.4, -0.2) is 0 Å². The highest BCUT2D eigenvalue weighted by Crippen LogP contribution is 2.49. The Bertz CT molecular complexity index is 3370. The molecule has 0 radical (unpaired) electrons. The van der Waals surface area contributed by atoms with E-state index in [1.54, 1.807) is 0 Å². The molecule has 1 heteroatoms. The van der Waals surface area contributed by atoms with Gasteiger partial charge in [-0.25, -0.2) is 0 Å². The van der Waals surface area contributed by atoms with Gasteiger partial charge in [-0.05, 0) is 125 Å². The molecule has 0 aliphatic heterocycles. The van der Waals surface area contributed by atoms with Gasteiger partial charge in [-0.3, -0.25) is 0 Å². The second-order valence-electron chi connectivity index (χ2n) is 16.0. The summed E-state index contributed by atoms with van der Waals surface area (Å²) >= 11 is 0. The number of anilines is 3. The summed E-state index contributed by atoms with van der Waals surface area (Å²) in [5, 5.41) is 4.92. The molecule has 296 valence electrons. The Kier molecular flexibility index (Phi) is 9.97. The van der Waals surface area contributed by atoms with Gasteiger partial charge in [-0.2, -0.15) is 0 Å². The molecule has 0 fully saturated rings. The molecular weight excluding hydrogens is 759 g/mol. The molecule has 0 unspecified atom stereocenters. The molecule has 11 aromatic rings. The summed E-state index contributed by atoms with van der Waals surface area (Å²) in [6, 6.07) is 94.8. The number of hydrogen-bond donors (Lipinski definition) is 0. The van der Waals surface area contributed by atoms with Crippen molar-refractivity contribution in [3.05, 3.63) is 261 Å². The highest BCUT2D eigenvalue weighted by molar-refractivity contribution is 6.16. The highest BCUT2D eigenvalue weighted by atomic mass is 15.1. The van der Waals surface area contributed by atoms with E-state index in [1.165, 1.54) is 77.2 Å². The van der Waals surface area contributed by atoms with Gasteiger partial charge in [0.15, 0.2) is 0 Å². The molecule has 0 N–H and O–H groups in total. The van der Waals surface area contributed by atoms with Crippen LogP contribution in [0.4, 0.5) is 17.1 Å². The molecule has 0 spiro atoms. The van der Waals surface area contributed by atoms with Crippen molar-refractivity contribution < 1.29 is 0 Å². The lowest BCUT2D eigenvalue weighted by molar-refractivity contribution is 1.28. The second kappa shape index (κ2) is 16.7. The Morgan fingerprint density at radius 2 is 0.698 bits per heavy atom. The summed E-state index contributed by atoms with van der Waals surface area (Å²) in [5.74, 6) is 0. The Labute approximate surface area is 369 Å². The lowest BCUT2D eigenvalue weighted by Crippen LogP contribution is -2.12. The lowest BCUT2D eigenvalue weighted by Gasteiger charge is -2.30. The highest BCUT2D eigenvalue weighted by Gasteiger charge is 2.24. The lowest BCUT2D eigenvalue weighted by atomic mass is 9.86. The van der Waals surface area contributed by atoms with E-state index in [4.69, 9.17) is 0 Å². The van der Waals surface area contributed by atoms with Gasteiger partial charge in [0, 0.05) is 16.9 Å². The summed E-state index contributed by atoms with van der Waals surface area (Å²) in [7, 11) is 0. The van der Waals surface area contributed by atoms with Crippen LogP contribution >= 0.6 is 0 Å². The fourth-order valence-corrected chi connectivity index (χ4v) is 9.29. The average molecular weight is 802 g/mol. The first kappa shape index (κ1) is 37.7. The zero-order valence-corrected chi connectivity index (χ0v) is 34.8. The number of hydrogen-bond acceptors (Lipinski definition) is 1. The molecule has 0 saturated heterocycles. The Balaban J connectivity index is 1.19. The average Bonchev–Trinajstić information content (AvgIpc) is 3.37. The Hall–Kier alpha value is -8.26. The molecular formula is C62H43N. The minimum Gasteiger partial charge on any atom is -0.310 e. The first-order chi connectivity index (χ1) is 31.3. The monoisotopic (exact) mass is 801 g/mol. The van der Waals surface area contributed by atoms with Crippen LogP contribution in [0.2, 0.25) is 0 Å². The van der Waals surface area contributed by atoms with Crippen molar-refractivity contribution in [2.24, 2.45) is 0 Å². The van der Waals surface area contributed by atoms with Crippen molar-refractivity contribution in [1.82, 2.24) is 0 Å². The van der Waals surface area contributed by atoms with Crippen LogP contribution in [0, 0.1) is 0 Å². The van der Waals surface area contributed by atoms with Gasteiger partial charge in [0.05, 0.1) is 5.69 Å². The third-order valence-electron chi connectivity index (χ3n) is 12.3. The predicted molar refractivity (Wildman–Crippen MR) is 269 cm³/mol. The molecule has 0 saturated carbocycles. The van der Waals surface area contributed by atoms with Crippen molar-refractivity contribution in [3.8, 4) is 66.8 Å². The summed E-state index contributed by atoms with van der Waals surface area (Å²) < 4.78 is 0. The van der Waals surface area contributed by atoms with E-state index in [0.717, 1.165) is 28.2 Å². The maximum Gasteiger partial charge on any atom is 0.0546 e. The van der Waals surface area contributed by atoms with Crippen LogP contribution in [0.5, 0.6) is 0 Å². The third-order valence-corrected chi connectivity index (χ3v) is 12.3. The standard InChI is InChI=1S/C62H43N/c1-4-19-44(20-5-1)46-37-39-52(40-38-46)63(53-29-17-28-50(42-53)55-31-13-12-30-54(55)47-23-8-3-9-24-47)61-36-18-35-57(49-27-16-26-48(41-49)45-21-6-2-7-22-45)62(61)60-43-51-25-10-11-32-56(51)58-33-14-15-34-59(58)60/h1-43H. The Morgan fingerprint density at radius 3 is 1.41 bits per heavy atom. The molecule has 0 aromatic heterocycles. The van der Waals surface area contributed by atoms with Gasteiger partial charge < -0.3 is 4.90 Å². The first-order valence-corrected chi connectivity index (χ1v) is 21.7. The van der Waals surface area contributed by atoms with Gasteiger partial charge in [-0.15, -0.1) is 0 Å². The van der Waals surface area contributed by atoms with E-state index in [-0.39, 0.29) is 0 Å². The van der Waals surface area contributed by atoms with Gasteiger partial charge in [0.25, 0.3) is 0 Å². The van der Waals surface area contributed by atoms with E-state index < -0.39 is 0 Å². The number of nitrogens with zero attached hydrogens (tertiary/aromatic N) is 1. The van der Waals surface area contributed by atoms with E-state index in [2.05, 4.69) is 266 Å². The van der Waals surface area contributed by atoms with Gasteiger partial charge in [0.1, 0.15) is 0 Å². The fourth-order valence-electron chi connectivity index (χ4n) is 9.29. The van der Waals surface area contributed by atoms with Crippen LogP contribution in [-0.2, 0) is 0 Å². The SMILES string of the molecule is c1ccc(-c2ccc(N(c3cccc(-c4ccccc4-c4ccccc4)c3)c3cccc(-c4cccc(-c5ccccc5)c4)c3-c3cc4ccccc4c4ccccc34)cc2)cc1. The zero-order chi connectivity index (χ0) is 42.0. The summed E-state index contributed by atoms with van der Waals surface area (Å²) in [6.07, 6.45) is 0. The summed E-state index contributed by atoms with van der Waals surface area (Å²) in [5.41, 5.74) is 17.4. The van der Waals surface area contributed by atoms with E-state index in [9.17, 15) is 0 Å². The molecule has 0 amide bonds. The third kappa shape index (κ3) is 7.26. The molecule has 0 atom stereocenters. The van der Waals surface area contributed by atoms with E-state index in [0.29, 0.717) is 0 Å². The second-order valence-corrected chi connectivity index (χ2v) is 16.0. The van der Waals surface area contributed by atoms with Crippen molar-refractivity contribution in [2.45, 2.75) is 0 Å². The number of rotatable bonds is 9. The molecule has 0 bridgehead atoms. The van der Waals surface area contributed by atoms with Crippen LogP contribution in [0.1, 0.15) is 0 Å². The normalized spacial score (nSPS) is 11.2. The minimum absolute atomic E-state index is 1.07. The largest absolute Gasteiger partial charge is 0.310 e. The van der Waals surface area contributed by atoms with Crippen LogP contribution < -0.4 is 4.90 Å². The summed E-state index contributed by atoms with van der Waals surface area (Å²) in [4.78, 5) is 2.47. The molecule has 11 aromatic carbocycles. The predicted octanol–water partition coefficient (Wildman–Crippen LogP) is 17.5. The van der Waals surface area contributed by atoms with Crippen LogP contribution in [0.25, 0.3) is 88.3 Å². The molecule has 0 aliphatic rings. The maximum absolute atomic E-state index is 2.47. The minimum atomic E-state index is 1.07. The summed E-state index contributed by atoms with van der Waals surface area (Å²) in [6.45, 7) is 0. The number of fused-ring (bicyclic) bond motifs is 3. The van der Waals surface area contributed by atoms with Crippen molar-refractivity contribution >= 4 is 38.6 Å². The van der Waals surface area contributed by atoms with Gasteiger partial charge >= 0.3 is 0 Å². The zero-order valence-electron chi connectivity index (χ0n) is 34.8. The Morgan fingerprint density at radius 1 is 0.222 bits per heavy atom. The van der Waals surface area contributed by atoms with Crippen molar-refractivity contribution in [1.29, 1.82) is 0 Å². The van der Waals surface area contributed by atoms with Crippen LogP contribution in [0.15, 0.2) is 261 Å². The first-order valence-electron chi connectivity index (χ1n) is 21.7. The topological polar surface area (TPSA) is 3.24 Å². The quantitative estimate of drug-likeness (QED) is 0.131. The van der Waals surface area contributed by atoms with Crippen LogP contribution in [0.3, 0.4) is 0 Å². The van der Waals surface area contributed by atoms with E-state index in [1.807, 2.05) is 0 Å². The van der Waals surface area contributed by atoms with Gasteiger partial charge in [-0.1, -0.05) is 218 Å². The fraction of sp³-hybridized carbons (Fsp3) is 0. The molecule has 0 aliphatic carbocycles. The number of benzene rings is 11. The van der Waals surface area contributed by atoms with Gasteiger partial charge in [0.2, 0.25) is 0 Å². The molecule has 0 heterocycles. The van der Waals surface area contributed by atoms with Crippen molar-refractivity contribution in [3.63, 3.8) is 0 Å².